The van der Waals surface area contributed by atoms with Crippen LogP contribution in [0.3, 0.4) is 0 Å². The van der Waals surface area contributed by atoms with Crippen LogP contribution in [0.1, 0.15) is 99.5 Å². The SMILES string of the molecule is C=CC(=O)c1ccc(C(CCCCCC)=C(CCCCCC)c2ccccc2)cc1. The van der Waals surface area contributed by atoms with Crippen LogP contribution in [0.2, 0.25) is 0 Å². The number of hydrogen-bond acceptors (Lipinski definition) is 1. The van der Waals surface area contributed by atoms with Gasteiger partial charge in [-0.1, -0.05) is 114 Å². The summed E-state index contributed by atoms with van der Waals surface area (Å²) >= 11 is 0. The van der Waals surface area contributed by atoms with E-state index in [0.29, 0.717) is 5.56 Å². The fraction of sp³-hybridized carbons (Fsp3) is 0.414. The molecule has 1 heteroatoms. The van der Waals surface area contributed by atoms with E-state index in [1.54, 1.807) is 0 Å². The molecule has 2 aromatic rings. The van der Waals surface area contributed by atoms with Crippen molar-refractivity contribution in [3.8, 4) is 0 Å². The van der Waals surface area contributed by atoms with Gasteiger partial charge in [-0.3, -0.25) is 4.79 Å². The van der Waals surface area contributed by atoms with E-state index >= 15 is 0 Å². The highest BCUT2D eigenvalue weighted by atomic mass is 16.1. The molecule has 0 N–H and O–H groups in total. The number of allylic oxidation sites excluding steroid dienone is 3. The van der Waals surface area contributed by atoms with E-state index in [9.17, 15) is 4.79 Å². The second-order valence-corrected chi connectivity index (χ2v) is 8.09. The number of hydrogen-bond donors (Lipinski definition) is 0. The van der Waals surface area contributed by atoms with Crippen molar-refractivity contribution in [2.24, 2.45) is 0 Å². The van der Waals surface area contributed by atoms with E-state index < -0.39 is 0 Å². The Balaban J connectivity index is 2.42. The van der Waals surface area contributed by atoms with Crippen molar-refractivity contribution >= 4 is 16.9 Å². The van der Waals surface area contributed by atoms with Crippen LogP contribution in [0.25, 0.3) is 11.1 Å². The molecule has 1 nitrogen and oxygen atoms in total. The molecule has 30 heavy (non-hydrogen) atoms. The summed E-state index contributed by atoms with van der Waals surface area (Å²) in [4.78, 5) is 12.0. The van der Waals surface area contributed by atoms with Gasteiger partial charge in [0.15, 0.2) is 5.78 Å². The Hall–Kier alpha value is -2.41. The normalized spacial score (nSPS) is 11.8. The average molecular weight is 403 g/mol. The molecule has 0 aliphatic heterocycles. The summed E-state index contributed by atoms with van der Waals surface area (Å²) in [5.41, 5.74) is 6.23. The minimum Gasteiger partial charge on any atom is -0.289 e. The van der Waals surface area contributed by atoms with Gasteiger partial charge >= 0.3 is 0 Å². The van der Waals surface area contributed by atoms with Gasteiger partial charge in [0.2, 0.25) is 0 Å². The van der Waals surface area contributed by atoms with E-state index in [1.807, 2.05) is 12.1 Å². The molecule has 2 aromatic carbocycles. The summed E-state index contributed by atoms with van der Waals surface area (Å²) < 4.78 is 0. The van der Waals surface area contributed by atoms with Gasteiger partial charge in [0, 0.05) is 5.56 Å². The molecule has 0 saturated carbocycles. The first-order valence-electron chi connectivity index (χ1n) is 11.8. The molecule has 0 spiro atoms. The molecular formula is C29H38O. The lowest BCUT2D eigenvalue weighted by Gasteiger charge is -2.18. The predicted octanol–water partition coefficient (Wildman–Crippen LogP) is 8.91. The van der Waals surface area contributed by atoms with Crippen molar-refractivity contribution in [1.29, 1.82) is 0 Å². The first-order chi connectivity index (χ1) is 14.7. The monoisotopic (exact) mass is 402 g/mol. The fourth-order valence-corrected chi connectivity index (χ4v) is 3.99. The summed E-state index contributed by atoms with van der Waals surface area (Å²) in [5, 5.41) is 0. The lowest BCUT2D eigenvalue weighted by molar-refractivity contribution is 0.104. The largest absolute Gasteiger partial charge is 0.289 e. The Morgan fingerprint density at radius 1 is 0.667 bits per heavy atom. The third-order valence-corrected chi connectivity index (χ3v) is 5.75. The van der Waals surface area contributed by atoms with Crippen LogP contribution in [-0.4, -0.2) is 5.78 Å². The number of carbonyl (C=O) groups excluding carboxylic acids is 1. The highest BCUT2D eigenvalue weighted by Gasteiger charge is 2.13. The zero-order valence-electron chi connectivity index (χ0n) is 19.0. The molecule has 0 bridgehead atoms. The quantitative estimate of drug-likeness (QED) is 0.133. The van der Waals surface area contributed by atoms with Gasteiger partial charge in [0.1, 0.15) is 0 Å². The van der Waals surface area contributed by atoms with E-state index in [1.165, 1.54) is 79.7 Å². The fourth-order valence-electron chi connectivity index (χ4n) is 3.99. The number of unbranched alkanes of at least 4 members (excludes halogenated alkanes) is 6. The number of rotatable bonds is 14. The van der Waals surface area contributed by atoms with Crippen molar-refractivity contribution in [3.05, 3.63) is 83.9 Å². The lowest BCUT2D eigenvalue weighted by atomic mass is 9.87. The maximum atomic E-state index is 12.0. The topological polar surface area (TPSA) is 17.1 Å². The summed E-state index contributed by atoms with van der Waals surface area (Å²) in [7, 11) is 0. The molecule has 0 aliphatic carbocycles. The van der Waals surface area contributed by atoms with Crippen LogP contribution < -0.4 is 0 Å². The molecule has 0 fully saturated rings. The average Bonchev–Trinajstić information content (AvgIpc) is 2.80. The molecule has 0 unspecified atom stereocenters. The Morgan fingerprint density at radius 2 is 1.13 bits per heavy atom. The molecule has 0 amide bonds. The van der Waals surface area contributed by atoms with Gasteiger partial charge < -0.3 is 0 Å². The van der Waals surface area contributed by atoms with Crippen molar-refractivity contribution in [2.75, 3.05) is 0 Å². The molecule has 0 aromatic heterocycles. The molecule has 2 rings (SSSR count). The smallest absolute Gasteiger partial charge is 0.185 e. The first kappa shape index (κ1) is 23.9. The molecule has 160 valence electrons. The van der Waals surface area contributed by atoms with Crippen LogP contribution in [0.4, 0.5) is 0 Å². The van der Waals surface area contributed by atoms with Crippen molar-refractivity contribution < 1.29 is 4.79 Å². The van der Waals surface area contributed by atoms with Crippen molar-refractivity contribution in [1.82, 2.24) is 0 Å². The standard InChI is InChI=1S/C29H38O/c1-4-7-9-14-18-27(24-16-12-11-13-17-24)28(19-15-10-8-5-2)25-20-22-26(23-21-25)29(30)6-3/h6,11-13,16-17,20-23H,3-5,7-10,14-15,18-19H2,1-2H3. The van der Waals surface area contributed by atoms with Crippen LogP contribution in [0, 0.1) is 0 Å². The zero-order valence-corrected chi connectivity index (χ0v) is 19.0. The Bertz CT molecular complexity index is 796. The molecule has 0 atom stereocenters. The minimum absolute atomic E-state index is 0.0159. The molecular weight excluding hydrogens is 364 g/mol. The van der Waals surface area contributed by atoms with Crippen LogP contribution in [0.5, 0.6) is 0 Å². The summed E-state index contributed by atoms with van der Waals surface area (Å²) in [6, 6.07) is 19.0. The van der Waals surface area contributed by atoms with Crippen LogP contribution >= 0.6 is 0 Å². The molecule has 0 aliphatic rings. The summed E-state index contributed by atoms with van der Waals surface area (Å²) in [6.45, 7) is 8.13. The molecule has 0 radical (unpaired) electrons. The third kappa shape index (κ3) is 7.44. The van der Waals surface area contributed by atoms with Gasteiger partial charge in [-0.15, -0.1) is 0 Å². The summed E-state index contributed by atoms with van der Waals surface area (Å²) in [5.74, 6) is -0.0159. The predicted molar refractivity (Wildman–Crippen MR) is 132 cm³/mol. The minimum atomic E-state index is -0.0159. The van der Waals surface area contributed by atoms with Crippen LogP contribution in [-0.2, 0) is 0 Å². The Morgan fingerprint density at radius 3 is 1.60 bits per heavy atom. The third-order valence-electron chi connectivity index (χ3n) is 5.75. The number of carbonyl (C=O) groups is 1. The van der Waals surface area contributed by atoms with Crippen LogP contribution in [0.15, 0.2) is 67.3 Å². The maximum absolute atomic E-state index is 12.0. The highest BCUT2D eigenvalue weighted by molar-refractivity contribution is 6.04. The van der Waals surface area contributed by atoms with Gasteiger partial charge in [-0.2, -0.15) is 0 Å². The van der Waals surface area contributed by atoms with E-state index in [2.05, 4.69) is 62.9 Å². The van der Waals surface area contributed by atoms with Gasteiger partial charge in [-0.25, -0.2) is 0 Å². The second kappa shape index (κ2) is 13.7. The van der Waals surface area contributed by atoms with E-state index in [4.69, 9.17) is 0 Å². The van der Waals surface area contributed by atoms with Gasteiger partial charge in [-0.05, 0) is 54.0 Å². The second-order valence-electron chi connectivity index (χ2n) is 8.09. The lowest BCUT2D eigenvalue weighted by Crippen LogP contribution is -1.97. The molecule has 0 heterocycles. The van der Waals surface area contributed by atoms with Crippen molar-refractivity contribution in [3.63, 3.8) is 0 Å². The number of benzene rings is 2. The van der Waals surface area contributed by atoms with Crippen molar-refractivity contribution in [2.45, 2.75) is 78.1 Å². The first-order valence-corrected chi connectivity index (χ1v) is 11.8. The molecule has 0 saturated heterocycles. The van der Waals surface area contributed by atoms with E-state index in [-0.39, 0.29) is 5.78 Å². The van der Waals surface area contributed by atoms with Gasteiger partial charge in [0.25, 0.3) is 0 Å². The maximum Gasteiger partial charge on any atom is 0.185 e. The Labute approximate surface area is 183 Å². The van der Waals surface area contributed by atoms with E-state index in [0.717, 1.165) is 12.8 Å². The number of ketones is 1. The van der Waals surface area contributed by atoms with Gasteiger partial charge in [0.05, 0.1) is 0 Å². The highest BCUT2D eigenvalue weighted by Crippen LogP contribution is 2.34. The summed E-state index contributed by atoms with van der Waals surface area (Å²) in [6.07, 6.45) is 13.7. The Kier molecular flexibility index (Phi) is 10.9. The zero-order chi connectivity index (χ0) is 21.6.